The van der Waals surface area contributed by atoms with Gasteiger partial charge in [0.05, 0.1) is 6.10 Å². The topological polar surface area (TPSA) is 76.9 Å². The number of nitrogens with zero attached hydrogens (tertiary/aromatic N) is 5. The van der Waals surface area contributed by atoms with Crippen LogP contribution in [0.15, 0.2) is 35.5 Å². The van der Waals surface area contributed by atoms with E-state index in [1.54, 1.807) is 0 Å². The van der Waals surface area contributed by atoms with Gasteiger partial charge < -0.3 is 15.3 Å². The molecule has 3 fully saturated rings. The van der Waals surface area contributed by atoms with Gasteiger partial charge in [0.1, 0.15) is 0 Å². The van der Waals surface area contributed by atoms with Crippen LogP contribution in [-0.2, 0) is 13.0 Å². The maximum Gasteiger partial charge on any atom is 0.224 e. The average molecular weight is 505 g/mol. The van der Waals surface area contributed by atoms with E-state index in [1.165, 1.54) is 30.4 Å². The van der Waals surface area contributed by atoms with E-state index in [0.29, 0.717) is 11.9 Å². The van der Waals surface area contributed by atoms with Gasteiger partial charge in [-0.3, -0.25) is 4.90 Å². The first-order valence-corrected chi connectivity index (χ1v) is 14.4. The Labute approximate surface area is 222 Å². The number of rotatable bonds is 10. The van der Waals surface area contributed by atoms with Gasteiger partial charge in [-0.25, -0.2) is 9.98 Å². The number of benzene rings is 1. The fourth-order valence-electron chi connectivity index (χ4n) is 5.38. The van der Waals surface area contributed by atoms with E-state index in [4.69, 9.17) is 9.98 Å². The largest absolute Gasteiger partial charge is 0.393 e. The maximum atomic E-state index is 9.91. The van der Waals surface area contributed by atoms with E-state index in [1.807, 2.05) is 6.20 Å². The summed E-state index contributed by atoms with van der Waals surface area (Å²) >= 11 is 0. The highest BCUT2D eigenvalue weighted by atomic mass is 16.3. The Morgan fingerprint density at radius 1 is 1.05 bits per heavy atom. The highest BCUT2D eigenvalue weighted by Crippen LogP contribution is 2.32. The van der Waals surface area contributed by atoms with Crippen LogP contribution < -0.4 is 5.32 Å². The first-order chi connectivity index (χ1) is 18.0. The van der Waals surface area contributed by atoms with Gasteiger partial charge in [0, 0.05) is 56.7 Å². The number of piperazine rings is 1. The van der Waals surface area contributed by atoms with Crippen molar-refractivity contribution in [3.8, 4) is 0 Å². The molecule has 5 rings (SSSR count). The summed E-state index contributed by atoms with van der Waals surface area (Å²) < 4.78 is 0. The second kappa shape index (κ2) is 12.5. The molecule has 0 radical (unpaired) electrons. The third-order valence-corrected chi connectivity index (χ3v) is 8.25. The molecular weight excluding hydrogens is 460 g/mol. The number of anilines is 1. The second-order valence-corrected chi connectivity index (χ2v) is 11.5. The van der Waals surface area contributed by atoms with Crippen molar-refractivity contribution in [3.05, 3.63) is 47.2 Å². The predicted molar refractivity (Wildman–Crippen MR) is 151 cm³/mol. The van der Waals surface area contributed by atoms with E-state index in [2.05, 4.69) is 58.3 Å². The van der Waals surface area contributed by atoms with Crippen molar-refractivity contribution in [2.45, 2.75) is 76.9 Å². The molecule has 1 aromatic heterocycles. The van der Waals surface area contributed by atoms with Gasteiger partial charge in [0.15, 0.2) is 5.82 Å². The van der Waals surface area contributed by atoms with Crippen LogP contribution in [0.4, 0.5) is 11.8 Å². The van der Waals surface area contributed by atoms with Crippen LogP contribution in [0.3, 0.4) is 0 Å². The first kappa shape index (κ1) is 26.3. The van der Waals surface area contributed by atoms with Crippen LogP contribution in [0.25, 0.3) is 0 Å². The van der Waals surface area contributed by atoms with Crippen molar-refractivity contribution in [2.75, 3.05) is 45.1 Å². The van der Waals surface area contributed by atoms with Gasteiger partial charge in [-0.1, -0.05) is 44.0 Å². The molecule has 0 bridgehead atoms. The summed E-state index contributed by atoms with van der Waals surface area (Å²) in [6, 6.07) is 9.17. The Kier molecular flexibility index (Phi) is 8.85. The number of hydrogen-bond donors (Lipinski definition) is 2. The van der Waals surface area contributed by atoms with Crippen LogP contribution in [0.1, 0.15) is 74.5 Å². The molecule has 3 aliphatic rings. The zero-order valence-electron chi connectivity index (χ0n) is 22.7. The Morgan fingerprint density at radius 2 is 1.78 bits per heavy atom. The minimum absolute atomic E-state index is 0.192. The van der Waals surface area contributed by atoms with E-state index in [9.17, 15) is 5.11 Å². The molecule has 2 saturated carbocycles. The molecule has 7 heteroatoms. The van der Waals surface area contributed by atoms with Gasteiger partial charge in [0.2, 0.25) is 5.95 Å². The zero-order chi connectivity index (χ0) is 25.6. The Morgan fingerprint density at radius 3 is 2.49 bits per heavy atom. The van der Waals surface area contributed by atoms with Gasteiger partial charge >= 0.3 is 0 Å². The normalized spacial score (nSPS) is 22.1. The molecule has 7 nitrogen and oxygen atoms in total. The maximum absolute atomic E-state index is 9.91. The number of aliphatic hydroxyl groups excluding tert-OH is 1. The molecule has 2 N–H and O–H groups in total. The smallest absolute Gasteiger partial charge is 0.224 e. The summed E-state index contributed by atoms with van der Waals surface area (Å²) in [4.78, 5) is 19.5. The number of nitrogens with one attached hydrogen (secondary N) is 1. The molecule has 1 aromatic carbocycles. The number of aliphatic hydroxyl groups is 1. The molecule has 200 valence electrons. The summed E-state index contributed by atoms with van der Waals surface area (Å²) in [5.41, 5.74) is 4.97. The molecule has 0 unspecified atom stereocenters. The molecular formula is C30H44N6O. The van der Waals surface area contributed by atoms with Crippen molar-refractivity contribution in [1.82, 2.24) is 19.8 Å². The molecule has 0 amide bonds. The van der Waals surface area contributed by atoms with Crippen molar-refractivity contribution >= 4 is 17.5 Å². The number of likely N-dealkylation sites (N-methyl/N-ethyl adjacent to an activating group) is 1. The van der Waals surface area contributed by atoms with Crippen molar-refractivity contribution in [2.24, 2.45) is 10.9 Å². The lowest BCUT2D eigenvalue weighted by atomic mass is 9.93. The molecule has 1 saturated heterocycles. The molecule has 2 aliphatic carbocycles. The Balaban J connectivity index is 1.25. The molecule has 2 aromatic rings. The van der Waals surface area contributed by atoms with Crippen LogP contribution in [0, 0.1) is 5.92 Å². The van der Waals surface area contributed by atoms with Gasteiger partial charge in [-0.05, 0) is 68.5 Å². The summed E-state index contributed by atoms with van der Waals surface area (Å²) in [7, 11) is 2.20. The number of aliphatic imine (C=N–C) groups is 1. The molecule has 0 spiro atoms. The SMILES string of the molecule is C[C@H](Cc1cnc(NCCC2CC2)nc1N=C1CCC(O)CC1)c1ccc(CN2CCN(C)CC2)cc1. The minimum Gasteiger partial charge on any atom is -0.393 e. The van der Waals surface area contributed by atoms with E-state index in [0.717, 1.165) is 94.4 Å². The second-order valence-electron chi connectivity index (χ2n) is 11.5. The lowest BCUT2D eigenvalue weighted by Gasteiger charge is -2.32. The summed E-state index contributed by atoms with van der Waals surface area (Å²) in [6.45, 7) is 8.82. The lowest BCUT2D eigenvalue weighted by Crippen LogP contribution is -2.43. The summed E-state index contributed by atoms with van der Waals surface area (Å²) in [5, 5.41) is 13.3. The van der Waals surface area contributed by atoms with Crippen molar-refractivity contribution in [1.29, 1.82) is 0 Å². The number of aromatic nitrogens is 2. The quantitative estimate of drug-likeness (QED) is 0.485. The van der Waals surface area contributed by atoms with Crippen molar-refractivity contribution in [3.63, 3.8) is 0 Å². The fourth-order valence-corrected chi connectivity index (χ4v) is 5.38. The minimum atomic E-state index is -0.192. The average Bonchev–Trinajstić information content (AvgIpc) is 3.73. The van der Waals surface area contributed by atoms with Gasteiger partial charge in [0.25, 0.3) is 0 Å². The van der Waals surface area contributed by atoms with E-state index >= 15 is 0 Å². The van der Waals surface area contributed by atoms with Gasteiger partial charge in [-0.2, -0.15) is 4.98 Å². The number of hydrogen-bond acceptors (Lipinski definition) is 7. The Hall–Kier alpha value is -2.35. The van der Waals surface area contributed by atoms with Crippen LogP contribution in [0.5, 0.6) is 0 Å². The molecule has 1 aliphatic heterocycles. The van der Waals surface area contributed by atoms with E-state index in [-0.39, 0.29) is 6.10 Å². The highest BCUT2D eigenvalue weighted by Gasteiger charge is 2.21. The molecule has 2 heterocycles. The zero-order valence-corrected chi connectivity index (χ0v) is 22.7. The van der Waals surface area contributed by atoms with Crippen LogP contribution in [-0.4, -0.2) is 76.5 Å². The lowest BCUT2D eigenvalue weighted by molar-refractivity contribution is 0.148. The third kappa shape index (κ3) is 7.82. The van der Waals surface area contributed by atoms with Gasteiger partial charge in [-0.15, -0.1) is 0 Å². The van der Waals surface area contributed by atoms with Crippen molar-refractivity contribution < 1.29 is 5.11 Å². The Bertz CT molecular complexity index is 1030. The van der Waals surface area contributed by atoms with E-state index < -0.39 is 0 Å². The highest BCUT2D eigenvalue weighted by molar-refractivity contribution is 5.87. The monoisotopic (exact) mass is 504 g/mol. The molecule has 1 atom stereocenters. The fraction of sp³-hybridized carbons (Fsp3) is 0.633. The summed E-state index contributed by atoms with van der Waals surface area (Å²) in [6.07, 6.45) is 9.83. The third-order valence-electron chi connectivity index (χ3n) is 8.25. The van der Waals surface area contributed by atoms with Crippen LogP contribution >= 0.6 is 0 Å². The first-order valence-electron chi connectivity index (χ1n) is 14.4. The standard InChI is InChI=1S/C30H44N6O/c1-22(25-7-5-24(6-8-25)21-36-17-15-35(2)16-18-36)19-26-20-32-30(31-14-13-23-3-4-23)34-29(26)33-27-9-11-28(37)12-10-27/h5-8,20,22-23,28,37H,3-4,9-19,21H2,1-2H3,(H,31,32,34)/t22-,28?/m1/s1. The summed E-state index contributed by atoms with van der Waals surface area (Å²) in [5.74, 6) is 2.71. The van der Waals surface area contributed by atoms with Crippen LogP contribution in [0.2, 0.25) is 0 Å². The predicted octanol–water partition coefficient (Wildman–Crippen LogP) is 4.79. The molecule has 37 heavy (non-hydrogen) atoms.